The standard InChI is InChI=1S/C6H11IO/c1-2-3-6(8)4-5-7/h4-6,8H,2-3H2,1H3/b5-4-. The first-order valence-electron chi connectivity index (χ1n) is 2.76. The van der Waals surface area contributed by atoms with Crippen molar-refractivity contribution in [1.29, 1.82) is 0 Å². The average Bonchev–Trinajstić information content (AvgIpc) is 1.68. The van der Waals surface area contributed by atoms with E-state index in [0.29, 0.717) is 0 Å². The average molecular weight is 226 g/mol. The van der Waals surface area contributed by atoms with E-state index in [1.807, 2.05) is 4.08 Å². The van der Waals surface area contributed by atoms with Gasteiger partial charge in [0.15, 0.2) is 0 Å². The van der Waals surface area contributed by atoms with Crippen LogP contribution in [0.2, 0.25) is 0 Å². The maximum atomic E-state index is 8.96. The predicted octanol–water partition coefficient (Wildman–Crippen LogP) is 2.10. The summed E-state index contributed by atoms with van der Waals surface area (Å²) in [5.41, 5.74) is 0. The summed E-state index contributed by atoms with van der Waals surface area (Å²) in [5.74, 6) is 0. The van der Waals surface area contributed by atoms with Crippen LogP contribution in [0.15, 0.2) is 10.2 Å². The Morgan fingerprint density at radius 1 is 1.75 bits per heavy atom. The van der Waals surface area contributed by atoms with Gasteiger partial charge >= 0.3 is 0 Å². The van der Waals surface area contributed by atoms with E-state index in [1.54, 1.807) is 6.08 Å². The Bertz CT molecular complexity index is 70.9. The van der Waals surface area contributed by atoms with Gasteiger partial charge in [-0.25, -0.2) is 0 Å². The minimum absolute atomic E-state index is 0.225. The lowest BCUT2D eigenvalue weighted by Gasteiger charge is -1.98. The van der Waals surface area contributed by atoms with Gasteiger partial charge in [0.25, 0.3) is 0 Å². The van der Waals surface area contributed by atoms with E-state index in [2.05, 4.69) is 29.5 Å². The molecule has 0 rings (SSSR count). The highest BCUT2D eigenvalue weighted by molar-refractivity contribution is 14.1. The lowest BCUT2D eigenvalue weighted by molar-refractivity contribution is 0.212. The Morgan fingerprint density at radius 3 is 2.75 bits per heavy atom. The van der Waals surface area contributed by atoms with Gasteiger partial charge in [0.2, 0.25) is 0 Å². The van der Waals surface area contributed by atoms with Crippen LogP contribution in [-0.4, -0.2) is 11.2 Å². The zero-order valence-electron chi connectivity index (χ0n) is 4.97. The van der Waals surface area contributed by atoms with Crippen LogP contribution in [0.5, 0.6) is 0 Å². The van der Waals surface area contributed by atoms with Crippen LogP contribution in [-0.2, 0) is 0 Å². The maximum absolute atomic E-state index is 8.96. The van der Waals surface area contributed by atoms with E-state index in [0.717, 1.165) is 12.8 Å². The van der Waals surface area contributed by atoms with Gasteiger partial charge in [0, 0.05) is 0 Å². The van der Waals surface area contributed by atoms with Crippen molar-refractivity contribution in [2.45, 2.75) is 25.9 Å². The molecule has 1 nitrogen and oxygen atoms in total. The highest BCUT2D eigenvalue weighted by Gasteiger charge is 1.92. The van der Waals surface area contributed by atoms with Gasteiger partial charge < -0.3 is 5.11 Å². The molecule has 1 N–H and O–H groups in total. The van der Waals surface area contributed by atoms with Crippen LogP contribution in [0.25, 0.3) is 0 Å². The summed E-state index contributed by atoms with van der Waals surface area (Å²) >= 11 is 2.10. The molecule has 0 spiro atoms. The van der Waals surface area contributed by atoms with E-state index in [1.165, 1.54) is 0 Å². The quantitative estimate of drug-likeness (QED) is 0.730. The topological polar surface area (TPSA) is 20.2 Å². The van der Waals surface area contributed by atoms with Crippen molar-refractivity contribution < 1.29 is 5.11 Å². The molecule has 0 heterocycles. The van der Waals surface area contributed by atoms with Crippen molar-refractivity contribution in [2.75, 3.05) is 0 Å². The number of aliphatic hydroxyl groups excluding tert-OH is 1. The Balaban J connectivity index is 3.17. The maximum Gasteiger partial charge on any atom is 0.0728 e. The van der Waals surface area contributed by atoms with E-state index >= 15 is 0 Å². The predicted molar refractivity (Wildman–Crippen MR) is 44.1 cm³/mol. The second-order valence-electron chi connectivity index (χ2n) is 1.67. The van der Waals surface area contributed by atoms with Crippen LogP contribution in [0.4, 0.5) is 0 Å². The van der Waals surface area contributed by atoms with Crippen LogP contribution >= 0.6 is 22.6 Å². The Kier molecular flexibility index (Phi) is 5.86. The molecule has 0 aliphatic carbocycles. The molecule has 1 atom stereocenters. The molecule has 48 valence electrons. The second kappa shape index (κ2) is 5.56. The zero-order valence-corrected chi connectivity index (χ0v) is 7.13. The molecule has 1 unspecified atom stereocenters. The Morgan fingerprint density at radius 2 is 2.38 bits per heavy atom. The number of hydrogen-bond donors (Lipinski definition) is 1. The number of aliphatic hydroxyl groups is 1. The lowest BCUT2D eigenvalue weighted by atomic mass is 10.2. The van der Waals surface area contributed by atoms with Crippen molar-refractivity contribution in [3.63, 3.8) is 0 Å². The molecule has 0 aromatic carbocycles. The van der Waals surface area contributed by atoms with E-state index in [9.17, 15) is 0 Å². The minimum Gasteiger partial charge on any atom is -0.389 e. The highest BCUT2D eigenvalue weighted by Crippen LogP contribution is 1.98. The summed E-state index contributed by atoms with van der Waals surface area (Å²) in [7, 11) is 0. The first-order chi connectivity index (χ1) is 3.81. The summed E-state index contributed by atoms with van der Waals surface area (Å²) in [6.45, 7) is 2.06. The zero-order chi connectivity index (χ0) is 6.41. The third-order valence-corrected chi connectivity index (χ3v) is 1.29. The summed E-state index contributed by atoms with van der Waals surface area (Å²) in [6, 6.07) is 0. The normalized spacial score (nSPS) is 14.9. The fourth-order valence-corrected chi connectivity index (χ4v) is 0.955. The molecular weight excluding hydrogens is 215 g/mol. The van der Waals surface area contributed by atoms with Crippen molar-refractivity contribution in [3.05, 3.63) is 10.2 Å². The van der Waals surface area contributed by atoms with E-state index < -0.39 is 0 Å². The highest BCUT2D eigenvalue weighted by atomic mass is 127. The van der Waals surface area contributed by atoms with Crippen LogP contribution in [0, 0.1) is 0 Å². The number of rotatable bonds is 3. The fourth-order valence-electron chi connectivity index (χ4n) is 0.476. The molecular formula is C6H11IO. The molecule has 8 heavy (non-hydrogen) atoms. The van der Waals surface area contributed by atoms with Crippen LogP contribution in [0.1, 0.15) is 19.8 Å². The largest absolute Gasteiger partial charge is 0.389 e. The Hall–Kier alpha value is 0.430. The van der Waals surface area contributed by atoms with Gasteiger partial charge in [-0.15, -0.1) is 0 Å². The van der Waals surface area contributed by atoms with Gasteiger partial charge in [-0.05, 0) is 10.5 Å². The molecule has 0 radical (unpaired) electrons. The second-order valence-corrected chi connectivity index (χ2v) is 2.39. The fraction of sp³-hybridized carbons (Fsp3) is 0.667. The van der Waals surface area contributed by atoms with Crippen molar-refractivity contribution in [2.24, 2.45) is 0 Å². The number of halogens is 1. The van der Waals surface area contributed by atoms with Crippen LogP contribution < -0.4 is 0 Å². The monoisotopic (exact) mass is 226 g/mol. The summed E-state index contributed by atoms with van der Waals surface area (Å²) in [5, 5.41) is 8.96. The Labute approximate surface area is 63.9 Å². The smallest absolute Gasteiger partial charge is 0.0728 e. The molecule has 0 bridgehead atoms. The lowest BCUT2D eigenvalue weighted by Crippen LogP contribution is -1.98. The summed E-state index contributed by atoms with van der Waals surface area (Å²) < 4.78 is 1.85. The van der Waals surface area contributed by atoms with Crippen molar-refractivity contribution in [3.8, 4) is 0 Å². The molecule has 2 heteroatoms. The van der Waals surface area contributed by atoms with E-state index in [-0.39, 0.29) is 6.10 Å². The molecule has 0 fully saturated rings. The molecule has 0 saturated heterocycles. The van der Waals surface area contributed by atoms with Gasteiger partial charge in [-0.1, -0.05) is 42.0 Å². The SMILES string of the molecule is CCCC(O)/C=C\I. The van der Waals surface area contributed by atoms with Gasteiger partial charge in [0.1, 0.15) is 0 Å². The van der Waals surface area contributed by atoms with E-state index in [4.69, 9.17) is 5.11 Å². The summed E-state index contributed by atoms with van der Waals surface area (Å²) in [6.07, 6.45) is 3.49. The molecule has 0 amide bonds. The van der Waals surface area contributed by atoms with Gasteiger partial charge in [-0.3, -0.25) is 0 Å². The minimum atomic E-state index is -0.225. The molecule has 0 saturated carbocycles. The van der Waals surface area contributed by atoms with Gasteiger partial charge in [-0.2, -0.15) is 0 Å². The first kappa shape index (κ1) is 8.43. The third-order valence-electron chi connectivity index (χ3n) is 0.879. The van der Waals surface area contributed by atoms with Gasteiger partial charge in [0.05, 0.1) is 6.10 Å². The number of hydrogen-bond acceptors (Lipinski definition) is 1. The molecule has 0 aromatic rings. The molecule has 0 aromatic heterocycles. The third kappa shape index (κ3) is 4.59. The van der Waals surface area contributed by atoms with Crippen molar-refractivity contribution in [1.82, 2.24) is 0 Å². The molecule has 0 aliphatic heterocycles. The first-order valence-corrected chi connectivity index (χ1v) is 4.00. The van der Waals surface area contributed by atoms with Crippen LogP contribution in [0.3, 0.4) is 0 Å². The summed E-state index contributed by atoms with van der Waals surface area (Å²) in [4.78, 5) is 0. The van der Waals surface area contributed by atoms with Crippen molar-refractivity contribution >= 4 is 22.6 Å². The molecule has 0 aliphatic rings.